The standard InChI is InChI=1S/C14H20O/c15-11-12-6-5-9-14(10-12)13-7-3-1-2-4-8-13/h5-6,9-10,13,15H,1-4,7-8,11H2. The van der Waals surface area contributed by atoms with Gasteiger partial charge in [0.2, 0.25) is 0 Å². The van der Waals surface area contributed by atoms with Crippen molar-refractivity contribution in [3.63, 3.8) is 0 Å². The maximum Gasteiger partial charge on any atom is 0.0681 e. The van der Waals surface area contributed by atoms with E-state index in [-0.39, 0.29) is 6.61 Å². The minimum absolute atomic E-state index is 0.167. The largest absolute Gasteiger partial charge is 0.392 e. The third-order valence-electron chi connectivity index (χ3n) is 3.46. The Balaban J connectivity index is 2.12. The van der Waals surface area contributed by atoms with Crippen molar-refractivity contribution in [1.29, 1.82) is 0 Å². The first-order chi connectivity index (χ1) is 7.40. The van der Waals surface area contributed by atoms with Crippen molar-refractivity contribution in [2.75, 3.05) is 0 Å². The van der Waals surface area contributed by atoms with Crippen LogP contribution >= 0.6 is 0 Å². The van der Waals surface area contributed by atoms with Crippen molar-refractivity contribution in [2.45, 2.75) is 51.0 Å². The molecule has 1 aliphatic carbocycles. The topological polar surface area (TPSA) is 20.2 Å². The van der Waals surface area contributed by atoms with Gasteiger partial charge in [0, 0.05) is 0 Å². The van der Waals surface area contributed by atoms with Crippen LogP contribution in [0.1, 0.15) is 55.6 Å². The molecule has 0 bridgehead atoms. The SMILES string of the molecule is OCc1cccc(C2CCCCCC2)c1. The van der Waals surface area contributed by atoms with E-state index in [2.05, 4.69) is 18.2 Å². The van der Waals surface area contributed by atoms with Gasteiger partial charge < -0.3 is 5.11 Å². The fraction of sp³-hybridized carbons (Fsp3) is 0.571. The lowest BCUT2D eigenvalue weighted by molar-refractivity contribution is 0.281. The summed E-state index contributed by atoms with van der Waals surface area (Å²) >= 11 is 0. The number of hydrogen-bond acceptors (Lipinski definition) is 1. The predicted octanol–water partition coefficient (Wildman–Crippen LogP) is 3.62. The van der Waals surface area contributed by atoms with Gasteiger partial charge in [0.15, 0.2) is 0 Å². The van der Waals surface area contributed by atoms with E-state index >= 15 is 0 Å². The fourth-order valence-corrected chi connectivity index (χ4v) is 2.56. The summed E-state index contributed by atoms with van der Waals surface area (Å²) in [5.41, 5.74) is 2.49. The highest BCUT2D eigenvalue weighted by Gasteiger charge is 2.14. The lowest BCUT2D eigenvalue weighted by Crippen LogP contribution is -1.98. The Morgan fingerprint density at radius 2 is 1.80 bits per heavy atom. The molecule has 1 aromatic rings. The minimum atomic E-state index is 0.167. The molecule has 1 aliphatic rings. The lowest BCUT2D eigenvalue weighted by atomic mass is 9.91. The second-order valence-electron chi connectivity index (χ2n) is 4.59. The molecule has 2 rings (SSSR count). The molecule has 0 saturated heterocycles. The first-order valence-corrected chi connectivity index (χ1v) is 6.10. The predicted molar refractivity (Wildman–Crippen MR) is 62.8 cm³/mol. The van der Waals surface area contributed by atoms with Crippen molar-refractivity contribution >= 4 is 0 Å². The van der Waals surface area contributed by atoms with Gasteiger partial charge in [-0.2, -0.15) is 0 Å². The highest BCUT2D eigenvalue weighted by Crippen LogP contribution is 2.31. The number of rotatable bonds is 2. The molecule has 1 nitrogen and oxygen atoms in total. The van der Waals surface area contributed by atoms with E-state index in [4.69, 9.17) is 5.11 Å². The fourth-order valence-electron chi connectivity index (χ4n) is 2.56. The van der Waals surface area contributed by atoms with Crippen LogP contribution in [0.25, 0.3) is 0 Å². The quantitative estimate of drug-likeness (QED) is 0.729. The second kappa shape index (κ2) is 5.32. The van der Waals surface area contributed by atoms with E-state index in [1.807, 2.05) is 6.07 Å². The summed E-state index contributed by atoms with van der Waals surface area (Å²) in [4.78, 5) is 0. The van der Waals surface area contributed by atoms with Crippen LogP contribution in [0.2, 0.25) is 0 Å². The van der Waals surface area contributed by atoms with Gasteiger partial charge in [0.25, 0.3) is 0 Å². The van der Waals surface area contributed by atoms with Crippen molar-refractivity contribution in [2.24, 2.45) is 0 Å². The molecule has 0 radical (unpaired) electrons. The number of aliphatic hydroxyl groups excluding tert-OH is 1. The average Bonchev–Trinajstić information content (AvgIpc) is 2.58. The Hall–Kier alpha value is -0.820. The van der Waals surface area contributed by atoms with Gasteiger partial charge in [-0.1, -0.05) is 49.9 Å². The highest BCUT2D eigenvalue weighted by atomic mass is 16.3. The van der Waals surface area contributed by atoms with Crippen LogP contribution in [0.3, 0.4) is 0 Å². The van der Waals surface area contributed by atoms with E-state index in [9.17, 15) is 0 Å². The third kappa shape index (κ3) is 2.82. The van der Waals surface area contributed by atoms with Gasteiger partial charge in [0.05, 0.1) is 6.61 Å². The summed E-state index contributed by atoms with van der Waals surface area (Å²) in [6.07, 6.45) is 8.19. The van der Waals surface area contributed by atoms with Crippen molar-refractivity contribution in [3.05, 3.63) is 35.4 Å². The Bertz CT molecular complexity index is 298. The molecule has 0 spiro atoms. The molecule has 15 heavy (non-hydrogen) atoms. The molecule has 0 amide bonds. The molecule has 1 heteroatoms. The normalized spacial score (nSPS) is 18.7. The van der Waals surface area contributed by atoms with E-state index in [0.29, 0.717) is 0 Å². The first kappa shape index (κ1) is 10.7. The summed E-state index contributed by atoms with van der Waals surface area (Å²) in [5.74, 6) is 0.735. The maximum atomic E-state index is 9.12. The van der Waals surface area contributed by atoms with Crippen LogP contribution in [0.5, 0.6) is 0 Å². The molecular weight excluding hydrogens is 184 g/mol. The van der Waals surface area contributed by atoms with Crippen LogP contribution in [-0.2, 0) is 6.61 Å². The van der Waals surface area contributed by atoms with Crippen molar-refractivity contribution < 1.29 is 5.11 Å². The first-order valence-electron chi connectivity index (χ1n) is 6.10. The van der Waals surface area contributed by atoms with Gasteiger partial charge in [-0.05, 0) is 29.9 Å². The zero-order valence-electron chi connectivity index (χ0n) is 9.28. The van der Waals surface area contributed by atoms with Crippen LogP contribution in [-0.4, -0.2) is 5.11 Å². The molecule has 82 valence electrons. The minimum Gasteiger partial charge on any atom is -0.392 e. The molecule has 1 fully saturated rings. The maximum absolute atomic E-state index is 9.12. The Labute approximate surface area is 92.1 Å². The molecule has 1 saturated carbocycles. The smallest absolute Gasteiger partial charge is 0.0681 e. The van der Waals surface area contributed by atoms with Gasteiger partial charge >= 0.3 is 0 Å². The molecule has 0 unspecified atom stereocenters. The summed E-state index contributed by atoms with van der Waals surface area (Å²) in [7, 11) is 0. The molecular formula is C14H20O. The van der Waals surface area contributed by atoms with Gasteiger partial charge in [-0.3, -0.25) is 0 Å². The van der Waals surface area contributed by atoms with Crippen LogP contribution in [0.4, 0.5) is 0 Å². The van der Waals surface area contributed by atoms with E-state index in [0.717, 1.165) is 11.5 Å². The van der Waals surface area contributed by atoms with Crippen LogP contribution in [0.15, 0.2) is 24.3 Å². The monoisotopic (exact) mass is 204 g/mol. The van der Waals surface area contributed by atoms with Gasteiger partial charge in [-0.15, -0.1) is 0 Å². The van der Waals surface area contributed by atoms with E-state index in [1.165, 1.54) is 44.1 Å². The summed E-state index contributed by atoms with van der Waals surface area (Å²) in [6, 6.07) is 8.47. The summed E-state index contributed by atoms with van der Waals surface area (Å²) in [5, 5.41) is 9.12. The molecule has 0 aliphatic heterocycles. The second-order valence-corrected chi connectivity index (χ2v) is 4.59. The lowest BCUT2D eigenvalue weighted by Gasteiger charge is -2.15. The third-order valence-corrected chi connectivity index (χ3v) is 3.46. The summed E-state index contributed by atoms with van der Waals surface area (Å²) < 4.78 is 0. The van der Waals surface area contributed by atoms with E-state index in [1.54, 1.807) is 0 Å². The Kier molecular flexibility index (Phi) is 3.79. The zero-order valence-corrected chi connectivity index (χ0v) is 9.28. The molecule has 1 N–H and O–H groups in total. The van der Waals surface area contributed by atoms with Crippen molar-refractivity contribution in [3.8, 4) is 0 Å². The number of hydrogen-bond donors (Lipinski definition) is 1. The zero-order chi connectivity index (χ0) is 10.5. The molecule has 0 aromatic heterocycles. The van der Waals surface area contributed by atoms with Gasteiger partial charge in [0.1, 0.15) is 0 Å². The average molecular weight is 204 g/mol. The van der Waals surface area contributed by atoms with E-state index < -0.39 is 0 Å². The van der Waals surface area contributed by atoms with Crippen molar-refractivity contribution in [1.82, 2.24) is 0 Å². The number of benzene rings is 1. The van der Waals surface area contributed by atoms with Crippen LogP contribution in [0, 0.1) is 0 Å². The Morgan fingerprint density at radius 1 is 1.07 bits per heavy atom. The molecule has 0 heterocycles. The molecule has 1 aromatic carbocycles. The van der Waals surface area contributed by atoms with Gasteiger partial charge in [-0.25, -0.2) is 0 Å². The molecule has 0 atom stereocenters. The highest BCUT2D eigenvalue weighted by molar-refractivity contribution is 5.26. The number of aliphatic hydroxyl groups is 1. The summed E-state index contributed by atoms with van der Waals surface area (Å²) in [6.45, 7) is 0.167. The Morgan fingerprint density at radius 3 is 2.47 bits per heavy atom. The van der Waals surface area contributed by atoms with Crippen LogP contribution < -0.4 is 0 Å².